The third-order valence-electron chi connectivity index (χ3n) is 4.41. The molecule has 0 bridgehead atoms. The molecule has 0 saturated carbocycles. The van der Waals surface area contributed by atoms with Crippen LogP contribution >= 0.6 is 11.8 Å². The summed E-state index contributed by atoms with van der Waals surface area (Å²) in [6.07, 6.45) is 0. The van der Waals surface area contributed by atoms with Crippen LogP contribution in [0, 0.1) is 12.8 Å². The van der Waals surface area contributed by atoms with E-state index in [9.17, 15) is 4.79 Å². The van der Waals surface area contributed by atoms with E-state index < -0.39 is 0 Å². The van der Waals surface area contributed by atoms with Gasteiger partial charge in [-0.15, -0.1) is 0 Å². The Morgan fingerprint density at radius 2 is 1.76 bits per heavy atom. The van der Waals surface area contributed by atoms with Crippen LogP contribution in [0.25, 0.3) is 0 Å². The van der Waals surface area contributed by atoms with Crippen molar-refractivity contribution in [2.24, 2.45) is 11.7 Å². The van der Waals surface area contributed by atoms with Crippen molar-refractivity contribution in [2.75, 3.05) is 5.32 Å². The van der Waals surface area contributed by atoms with E-state index in [0.717, 1.165) is 22.6 Å². The molecule has 25 heavy (non-hydrogen) atoms. The molecule has 4 heteroatoms. The number of benzene rings is 2. The Morgan fingerprint density at radius 3 is 2.40 bits per heavy atom. The summed E-state index contributed by atoms with van der Waals surface area (Å²) in [4.78, 5) is 12.7. The molecule has 2 rings (SSSR count). The van der Waals surface area contributed by atoms with E-state index in [1.807, 2.05) is 61.2 Å². The van der Waals surface area contributed by atoms with Crippen molar-refractivity contribution in [2.45, 2.75) is 44.7 Å². The highest BCUT2D eigenvalue weighted by Gasteiger charge is 2.22. The molecule has 2 aromatic carbocycles. The zero-order valence-electron chi connectivity index (χ0n) is 15.5. The molecule has 0 fully saturated rings. The zero-order chi connectivity index (χ0) is 18.4. The summed E-state index contributed by atoms with van der Waals surface area (Å²) < 4.78 is 0. The number of rotatable bonds is 7. The smallest absolute Gasteiger partial charge is 0.229 e. The molecule has 0 spiro atoms. The van der Waals surface area contributed by atoms with Gasteiger partial charge in [-0.1, -0.05) is 63.2 Å². The van der Waals surface area contributed by atoms with Crippen molar-refractivity contribution in [1.29, 1.82) is 0 Å². The summed E-state index contributed by atoms with van der Waals surface area (Å²) >= 11 is 1.90. The van der Waals surface area contributed by atoms with Gasteiger partial charge in [-0.2, -0.15) is 11.8 Å². The second-order valence-electron chi connectivity index (χ2n) is 6.66. The highest BCUT2D eigenvalue weighted by atomic mass is 32.2. The Bertz CT molecular complexity index is 700. The first-order chi connectivity index (χ1) is 11.9. The average molecular weight is 357 g/mol. The molecule has 1 amide bonds. The van der Waals surface area contributed by atoms with E-state index in [4.69, 9.17) is 5.73 Å². The number of hydrogen-bond donors (Lipinski definition) is 2. The molecule has 2 atom stereocenters. The normalized spacial score (nSPS) is 13.5. The molecule has 2 unspecified atom stereocenters. The van der Waals surface area contributed by atoms with Crippen molar-refractivity contribution >= 4 is 23.4 Å². The molecular formula is C21H28N2OS. The number of amides is 1. The molecular weight excluding hydrogens is 328 g/mol. The molecule has 3 nitrogen and oxygen atoms in total. The minimum atomic E-state index is -0.318. The Kier molecular flexibility index (Phi) is 7.09. The summed E-state index contributed by atoms with van der Waals surface area (Å²) in [6, 6.07) is 15.5. The average Bonchev–Trinajstić information content (AvgIpc) is 2.61. The monoisotopic (exact) mass is 356 g/mol. The first-order valence-corrected chi connectivity index (χ1v) is 9.76. The van der Waals surface area contributed by atoms with Gasteiger partial charge in [-0.05, 0) is 34.9 Å². The first-order valence-electron chi connectivity index (χ1n) is 8.71. The lowest BCUT2D eigenvalue weighted by Gasteiger charge is -2.21. The van der Waals surface area contributed by atoms with Gasteiger partial charge in [0, 0.05) is 17.5 Å². The van der Waals surface area contributed by atoms with E-state index in [1.165, 1.54) is 5.56 Å². The van der Waals surface area contributed by atoms with Crippen LogP contribution in [0.1, 0.15) is 43.5 Å². The lowest BCUT2D eigenvalue weighted by Crippen LogP contribution is -2.30. The number of nitrogens with two attached hydrogens (primary N) is 1. The summed E-state index contributed by atoms with van der Waals surface area (Å²) in [7, 11) is 0. The molecule has 0 heterocycles. The predicted molar refractivity (Wildman–Crippen MR) is 109 cm³/mol. The highest BCUT2D eigenvalue weighted by Crippen LogP contribution is 2.26. The second-order valence-corrected chi connectivity index (χ2v) is 8.23. The molecule has 3 N–H and O–H groups in total. The molecule has 0 saturated heterocycles. The van der Waals surface area contributed by atoms with E-state index in [0.29, 0.717) is 5.25 Å². The highest BCUT2D eigenvalue weighted by molar-refractivity contribution is 7.99. The van der Waals surface area contributed by atoms with Crippen LogP contribution in [0.5, 0.6) is 0 Å². The zero-order valence-corrected chi connectivity index (χ0v) is 16.3. The van der Waals surface area contributed by atoms with E-state index in [-0.39, 0.29) is 17.9 Å². The van der Waals surface area contributed by atoms with E-state index in [2.05, 4.69) is 32.2 Å². The minimum absolute atomic E-state index is 0.0480. The topological polar surface area (TPSA) is 55.1 Å². The number of anilines is 1. The molecule has 0 aliphatic carbocycles. The fourth-order valence-corrected chi connectivity index (χ4v) is 3.43. The van der Waals surface area contributed by atoms with Gasteiger partial charge >= 0.3 is 0 Å². The molecule has 134 valence electrons. The van der Waals surface area contributed by atoms with E-state index in [1.54, 1.807) is 0 Å². The van der Waals surface area contributed by atoms with Crippen molar-refractivity contribution in [1.82, 2.24) is 0 Å². The molecule has 0 aromatic heterocycles. The van der Waals surface area contributed by atoms with Crippen molar-refractivity contribution in [3.05, 3.63) is 65.2 Å². The van der Waals surface area contributed by atoms with Gasteiger partial charge < -0.3 is 11.1 Å². The van der Waals surface area contributed by atoms with Crippen LogP contribution in [-0.4, -0.2) is 11.2 Å². The van der Waals surface area contributed by atoms with Gasteiger partial charge in [0.25, 0.3) is 0 Å². The maximum absolute atomic E-state index is 12.7. The van der Waals surface area contributed by atoms with Gasteiger partial charge in [-0.3, -0.25) is 4.79 Å². The fraction of sp³-hybridized carbons (Fsp3) is 0.381. The van der Waals surface area contributed by atoms with Gasteiger partial charge in [0.1, 0.15) is 0 Å². The number of thioether (sulfide) groups is 1. The maximum Gasteiger partial charge on any atom is 0.229 e. The Balaban J connectivity index is 2.08. The lowest BCUT2D eigenvalue weighted by molar-refractivity contribution is -0.120. The van der Waals surface area contributed by atoms with Crippen molar-refractivity contribution < 1.29 is 4.79 Å². The maximum atomic E-state index is 12.7. The molecule has 0 aliphatic heterocycles. The minimum Gasteiger partial charge on any atom is -0.326 e. The van der Waals surface area contributed by atoms with Crippen LogP contribution in [-0.2, 0) is 10.5 Å². The molecule has 0 aliphatic rings. The number of nitrogens with one attached hydrogen (secondary N) is 1. The Hall–Kier alpha value is -1.78. The SMILES string of the molecule is Cc1c(CSC(C)C)cccc1NC(=O)C(C)C(N)c1ccccc1. The predicted octanol–water partition coefficient (Wildman–Crippen LogP) is 4.91. The van der Waals surface area contributed by atoms with Gasteiger partial charge in [0.2, 0.25) is 5.91 Å². The van der Waals surface area contributed by atoms with Gasteiger partial charge in [0.15, 0.2) is 0 Å². The quantitative estimate of drug-likeness (QED) is 0.741. The third-order valence-corrected chi connectivity index (χ3v) is 5.56. The molecule has 2 aromatic rings. The summed E-state index contributed by atoms with van der Waals surface area (Å²) in [5, 5.41) is 3.65. The van der Waals surface area contributed by atoms with Crippen LogP contribution in [0.2, 0.25) is 0 Å². The van der Waals surface area contributed by atoms with Crippen LogP contribution in [0.3, 0.4) is 0 Å². The summed E-state index contributed by atoms with van der Waals surface area (Å²) in [5.74, 6) is 0.593. The number of hydrogen-bond acceptors (Lipinski definition) is 3. The van der Waals surface area contributed by atoms with Crippen LogP contribution in [0.4, 0.5) is 5.69 Å². The lowest BCUT2D eigenvalue weighted by atomic mass is 9.94. The summed E-state index contributed by atoms with van der Waals surface area (Å²) in [6.45, 7) is 8.32. The first kappa shape index (κ1) is 19.5. The van der Waals surface area contributed by atoms with Gasteiger partial charge in [-0.25, -0.2) is 0 Å². The second kappa shape index (κ2) is 9.07. The van der Waals surface area contributed by atoms with Crippen molar-refractivity contribution in [3.63, 3.8) is 0 Å². The Labute approximate surface area is 155 Å². The van der Waals surface area contributed by atoms with E-state index >= 15 is 0 Å². The number of carbonyl (C=O) groups is 1. The van der Waals surface area contributed by atoms with Crippen molar-refractivity contribution in [3.8, 4) is 0 Å². The fourth-order valence-electron chi connectivity index (χ4n) is 2.61. The third kappa shape index (κ3) is 5.35. The number of carbonyl (C=O) groups excluding carboxylic acids is 1. The standard InChI is InChI=1S/C21H28N2OS/c1-14(2)25-13-18-11-8-12-19(15(18)3)23-21(24)16(4)20(22)17-9-6-5-7-10-17/h5-12,14,16,20H,13,22H2,1-4H3,(H,23,24). The summed E-state index contributed by atoms with van der Waals surface area (Å²) in [5.41, 5.74) is 10.5. The Morgan fingerprint density at radius 1 is 1.08 bits per heavy atom. The van der Waals surface area contributed by atoms with Crippen LogP contribution in [0.15, 0.2) is 48.5 Å². The van der Waals surface area contributed by atoms with Gasteiger partial charge in [0.05, 0.1) is 5.92 Å². The largest absolute Gasteiger partial charge is 0.326 e. The molecule has 0 radical (unpaired) electrons. The van der Waals surface area contributed by atoms with Crippen LogP contribution < -0.4 is 11.1 Å².